The second-order valence-electron chi connectivity index (χ2n) is 7.33. The molecule has 0 unspecified atom stereocenters. The van der Waals surface area contributed by atoms with Gasteiger partial charge in [-0.05, 0) is 47.4 Å². The molecule has 0 fully saturated rings. The molecule has 32 heavy (non-hydrogen) atoms. The third kappa shape index (κ3) is 4.59. The molecule has 0 atom stereocenters. The molecule has 1 aromatic heterocycles. The lowest BCUT2D eigenvalue weighted by Crippen LogP contribution is -1.95. The average Bonchev–Trinajstić information content (AvgIpc) is 2.78. The number of rotatable bonds is 5. The zero-order chi connectivity index (χ0) is 22.7. The van der Waals surface area contributed by atoms with Gasteiger partial charge in [0, 0.05) is 23.5 Å². The van der Waals surface area contributed by atoms with Gasteiger partial charge in [0.1, 0.15) is 24.1 Å². The van der Waals surface area contributed by atoms with Crippen LogP contribution in [0.15, 0.2) is 67.0 Å². The summed E-state index contributed by atoms with van der Waals surface area (Å²) in [6, 6.07) is 13.8. The normalized spacial score (nSPS) is 11.3. The van der Waals surface area contributed by atoms with E-state index < -0.39 is 29.7 Å². The fourth-order valence-electron chi connectivity index (χ4n) is 3.23. The molecule has 160 valence electrons. The molecule has 0 aliphatic carbocycles. The highest BCUT2D eigenvalue weighted by Gasteiger charge is 2.14. The maximum Gasteiger partial charge on any atom is 0.159 e. The van der Waals surface area contributed by atoms with Crippen molar-refractivity contribution in [2.24, 2.45) is 0 Å². The predicted molar refractivity (Wildman–Crippen MR) is 118 cm³/mol. The van der Waals surface area contributed by atoms with Crippen LogP contribution in [0.5, 0.6) is 0 Å². The first-order valence-corrected chi connectivity index (χ1v) is 9.85. The van der Waals surface area contributed by atoms with Crippen LogP contribution in [0.25, 0.3) is 34.7 Å². The standard InChI is InChI=1S/C26H18F4N2/c1-16-14-31-26(32-15-16)19-7-4-17(5-8-19)2-3-18-6-9-21(23(28)10-18)20-11-24(29)22(13-27)25(30)12-20/h2-12,14-15H,13H2,1H3/b3-2+. The molecule has 0 N–H and O–H groups in total. The Labute approximate surface area is 182 Å². The van der Waals surface area contributed by atoms with Gasteiger partial charge in [-0.2, -0.15) is 0 Å². The first-order valence-electron chi connectivity index (χ1n) is 9.85. The van der Waals surface area contributed by atoms with E-state index in [-0.39, 0.29) is 11.1 Å². The number of hydrogen-bond donors (Lipinski definition) is 0. The predicted octanol–water partition coefficient (Wildman–Crippen LogP) is 7.18. The van der Waals surface area contributed by atoms with E-state index in [1.165, 1.54) is 12.1 Å². The zero-order valence-electron chi connectivity index (χ0n) is 17.1. The summed E-state index contributed by atoms with van der Waals surface area (Å²) in [7, 11) is 0. The number of aryl methyl sites for hydroxylation is 1. The quantitative estimate of drug-likeness (QED) is 0.246. The molecule has 1 heterocycles. The van der Waals surface area contributed by atoms with E-state index >= 15 is 0 Å². The third-order valence-corrected chi connectivity index (χ3v) is 5.00. The van der Waals surface area contributed by atoms with Crippen LogP contribution in [0.2, 0.25) is 0 Å². The van der Waals surface area contributed by atoms with Crippen molar-refractivity contribution >= 4 is 12.2 Å². The number of alkyl halides is 1. The molecule has 0 bridgehead atoms. The Hall–Kier alpha value is -3.80. The van der Waals surface area contributed by atoms with Crippen molar-refractivity contribution in [3.05, 3.63) is 107 Å². The van der Waals surface area contributed by atoms with E-state index in [4.69, 9.17) is 0 Å². The molecule has 2 nitrogen and oxygen atoms in total. The SMILES string of the molecule is Cc1cnc(-c2ccc(/C=C/c3ccc(-c4cc(F)c(CF)c(F)c4)c(F)c3)cc2)nc1. The van der Waals surface area contributed by atoms with E-state index in [1.807, 2.05) is 37.3 Å². The molecule has 6 heteroatoms. The maximum absolute atomic E-state index is 14.6. The molecule has 0 amide bonds. The van der Waals surface area contributed by atoms with Gasteiger partial charge in [0.2, 0.25) is 0 Å². The topological polar surface area (TPSA) is 25.8 Å². The molecule has 0 spiro atoms. The van der Waals surface area contributed by atoms with Gasteiger partial charge in [-0.1, -0.05) is 48.6 Å². The van der Waals surface area contributed by atoms with Gasteiger partial charge in [0.25, 0.3) is 0 Å². The third-order valence-electron chi connectivity index (χ3n) is 5.00. The minimum atomic E-state index is -1.26. The molecular weight excluding hydrogens is 416 g/mol. The highest BCUT2D eigenvalue weighted by Crippen LogP contribution is 2.28. The number of nitrogens with zero attached hydrogens (tertiary/aromatic N) is 2. The van der Waals surface area contributed by atoms with Crippen LogP contribution in [0.1, 0.15) is 22.3 Å². The smallest absolute Gasteiger partial charge is 0.159 e. The molecule has 0 aliphatic heterocycles. The van der Waals surface area contributed by atoms with Crippen molar-refractivity contribution in [1.82, 2.24) is 9.97 Å². The average molecular weight is 434 g/mol. The minimum Gasteiger partial charge on any atom is -0.246 e. The van der Waals surface area contributed by atoms with Crippen LogP contribution in [-0.2, 0) is 6.67 Å². The van der Waals surface area contributed by atoms with Crippen LogP contribution in [0.3, 0.4) is 0 Å². The Morgan fingerprint density at radius 3 is 1.91 bits per heavy atom. The molecule has 4 rings (SSSR count). The fourth-order valence-corrected chi connectivity index (χ4v) is 3.23. The summed E-state index contributed by atoms with van der Waals surface area (Å²) < 4.78 is 55.0. The van der Waals surface area contributed by atoms with E-state index in [1.54, 1.807) is 24.5 Å². The Balaban J connectivity index is 1.53. The minimum absolute atomic E-state index is 0.0131. The fraction of sp³-hybridized carbons (Fsp3) is 0.0769. The van der Waals surface area contributed by atoms with Gasteiger partial charge in [-0.15, -0.1) is 0 Å². The summed E-state index contributed by atoms with van der Waals surface area (Å²) in [5.41, 5.74) is 2.74. The number of halogens is 4. The van der Waals surface area contributed by atoms with Gasteiger partial charge in [-0.25, -0.2) is 27.5 Å². The van der Waals surface area contributed by atoms with Crippen LogP contribution in [-0.4, -0.2) is 9.97 Å². The summed E-state index contributed by atoms with van der Waals surface area (Å²) >= 11 is 0. The van der Waals surface area contributed by atoms with Gasteiger partial charge in [-0.3, -0.25) is 0 Å². The zero-order valence-corrected chi connectivity index (χ0v) is 17.1. The van der Waals surface area contributed by atoms with Crippen molar-refractivity contribution in [2.75, 3.05) is 0 Å². The monoisotopic (exact) mass is 434 g/mol. The maximum atomic E-state index is 14.6. The number of benzene rings is 3. The Morgan fingerprint density at radius 2 is 1.31 bits per heavy atom. The Kier molecular flexibility index (Phi) is 6.12. The molecule has 3 aromatic carbocycles. The highest BCUT2D eigenvalue weighted by molar-refractivity contribution is 5.73. The second-order valence-corrected chi connectivity index (χ2v) is 7.33. The van der Waals surface area contributed by atoms with Crippen molar-refractivity contribution in [2.45, 2.75) is 13.6 Å². The van der Waals surface area contributed by atoms with E-state index in [9.17, 15) is 17.6 Å². The van der Waals surface area contributed by atoms with Crippen LogP contribution in [0, 0.1) is 24.4 Å². The summed E-state index contributed by atoms with van der Waals surface area (Å²) in [6.07, 6.45) is 7.07. The molecule has 0 aliphatic rings. The van der Waals surface area contributed by atoms with E-state index in [0.717, 1.165) is 28.8 Å². The summed E-state index contributed by atoms with van der Waals surface area (Å²) in [5, 5.41) is 0. The van der Waals surface area contributed by atoms with Crippen molar-refractivity contribution in [3.8, 4) is 22.5 Å². The first kappa shape index (κ1) is 21.4. The molecule has 0 saturated heterocycles. The van der Waals surface area contributed by atoms with Crippen molar-refractivity contribution in [3.63, 3.8) is 0 Å². The molecule has 4 aromatic rings. The van der Waals surface area contributed by atoms with Crippen molar-refractivity contribution in [1.29, 1.82) is 0 Å². The first-order chi connectivity index (χ1) is 15.4. The van der Waals surface area contributed by atoms with Crippen LogP contribution in [0.4, 0.5) is 17.6 Å². The molecule has 0 saturated carbocycles. The Bertz CT molecular complexity index is 1260. The lowest BCUT2D eigenvalue weighted by molar-refractivity contribution is 0.440. The number of aromatic nitrogens is 2. The summed E-state index contributed by atoms with van der Waals surface area (Å²) in [6.45, 7) is 0.662. The van der Waals surface area contributed by atoms with Gasteiger partial charge in [0.05, 0.1) is 5.56 Å². The Morgan fingerprint density at radius 1 is 0.719 bits per heavy atom. The lowest BCUT2D eigenvalue weighted by atomic mass is 10.0. The van der Waals surface area contributed by atoms with E-state index in [0.29, 0.717) is 11.4 Å². The van der Waals surface area contributed by atoms with E-state index in [2.05, 4.69) is 9.97 Å². The summed E-state index contributed by atoms with van der Waals surface area (Å²) in [4.78, 5) is 8.60. The van der Waals surface area contributed by atoms with Gasteiger partial charge >= 0.3 is 0 Å². The van der Waals surface area contributed by atoms with Gasteiger partial charge in [0.15, 0.2) is 5.82 Å². The molecular formula is C26H18F4N2. The van der Waals surface area contributed by atoms with Crippen molar-refractivity contribution < 1.29 is 17.6 Å². The largest absolute Gasteiger partial charge is 0.246 e. The molecule has 0 radical (unpaired) electrons. The van der Waals surface area contributed by atoms with Crippen LogP contribution >= 0.6 is 0 Å². The van der Waals surface area contributed by atoms with Crippen LogP contribution < -0.4 is 0 Å². The second kappa shape index (κ2) is 9.14. The van der Waals surface area contributed by atoms with Gasteiger partial charge < -0.3 is 0 Å². The lowest BCUT2D eigenvalue weighted by Gasteiger charge is -2.08. The summed E-state index contributed by atoms with van der Waals surface area (Å²) in [5.74, 6) is -2.07. The number of hydrogen-bond acceptors (Lipinski definition) is 2. The highest BCUT2D eigenvalue weighted by atomic mass is 19.1.